The van der Waals surface area contributed by atoms with Gasteiger partial charge in [-0.2, -0.15) is 17.4 Å². The van der Waals surface area contributed by atoms with Gasteiger partial charge in [0.15, 0.2) is 5.96 Å². The van der Waals surface area contributed by atoms with Gasteiger partial charge in [-0.05, 0) is 68.5 Å². The zero-order valence-electron chi connectivity index (χ0n) is 19.7. The SMILES string of the molecule is Cl.N=C(N)N1CCc2ccc(OCC3(C(=O)O)CCN(S(=O)(=O)NC4CCNCC4)CC3)cc2C1. The first-order valence-electron chi connectivity index (χ1n) is 11.7. The molecule has 35 heavy (non-hydrogen) atoms. The Bertz CT molecular complexity index is 1030. The minimum atomic E-state index is -3.66. The molecule has 0 unspecified atom stereocenters. The van der Waals surface area contributed by atoms with Gasteiger partial charge in [-0.15, -0.1) is 12.4 Å². The monoisotopic (exact) mass is 530 g/mol. The lowest BCUT2D eigenvalue weighted by Crippen LogP contribution is -2.54. The van der Waals surface area contributed by atoms with Gasteiger partial charge in [0.1, 0.15) is 17.8 Å². The number of carbonyl (C=O) groups is 1. The van der Waals surface area contributed by atoms with E-state index in [2.05, 4.69) is 10.0 Å². The van der Waals surface area contributed by atoms with Crippen molar-refractivity contribution in [2.24, 2.45) is 11.1 Å². The van der Waals surface area contributed by atoms with E-state index >= 15 is 0 Å². The topological polar surface area (TPSA) is 161 Å². The van der Waals surface area contributed by atoms with E-state index in [1.807, 2.05) is 18.2 Å². The summed E-state index contributed by atoms with van der Waals surface area (Å²) in [6, 6.07) is 5.59. The molecular formula is C22H35ClN6O5S. The van der Waals surface area contributed by atoms with Gasteiger partial charge in [-0.1, -0.05) is 6.07 Å². The number of hydrogen-bond acceptors (Lipinski definition) is 6. The van der Waals surface area contributed by atoms with Crippen LogP contribution in [0, 0.1) is 10.8 Å². The van der Waals surface area contributed by atoms with E-state index in [0.717, 1.165) is 43.5 Å². The fourth-order valence-electron chi connectivity index (χ4n) is 4.85. The summed E-state index contributed by atoms with van der Waals surface area (Å²) < 4.78 is 35.7. The number of piperidine rings is 2. The summed E-state index contributed by atoms with van der Waals surface area (Å²) in [5.41, 5.74) is 6.64. The molecule has 3 aliphatic rings. The Labute approximate surface area is 212 Å². The Kier molecular flexibility index (Phi) is 8.86. The fourth-order valence-corrected chi connectivity index (χ4v) is 6.32. The third-order valence-corrected chi connectivity index (χ3v) is 8.85. The van der Waals surface area contributed by atoms with E-state index < -0.39 is 21.6 Å². The first kappa shape index (κ1) is 27.5. The van der Waals surface area contributed by atoms with Crippen LogP contribution in [-0.4, -0.2) is 80.0 Å². The van der Waals surface area contributed by atoms with E-state index in [1.165, 1.54) is 4.31 Å². The van der Waals surface area contributed by atoms with Gasteiger partial charge in [0, 0.05) is 32.2 Å². The maximum absolute atomic E-state index is 12.8. The number of guanidine groups is 1. The van der Waals surface area contributed by atoms with Crippen molar-refractivity contribution in [3.63, 3.8) is 0 Å². The lowest BCUT2D eigenvalue weighted by molar-refractivity contribution is -0.153. The van der Waals surface area contributed by atoms with Crippen LogP contribution in [-0.2, 0) is 28.0 Å². The molecule has 2 saturated heterocycles. The average molecular weight is 531 g/mol. The molecule has 196 valence electrons. The van der Waals surface area contributed by atoms with Crippen LogP contribution in [0.5, 0.6) is 5.75 Å². The van der Waals surface area contributed by atoms with Crippen molar-refractivity contribution in [3.8, 4) is 5.75 Å². The van der Waals surface area contributed by atoms with Crippen LogP contribution < -0.4 is 20.5 Å². The van der Waals surface area contributed by atoms with Crippen molar-refractivity contribution in [2.75, 3.05) is 39.3 Å². The predicted molar refractivity (Wildman–Crippen MR) is 134 cm³/mol. The first-order valence-corrected chi connectivity index (χ1v) is 13.2. The number of nitrogens with zero attached hydrogens (tertiary/aromatic N) is 2. The van der Waals surface area contributed by atoms with Crippen LogP contribution in [0.1, 0.15) is 36.8 Å². The Hall–Kier alpha value is -2.12. The number of rotatable bonds is 7. The van der Waals surface area contributed by atoms with E-state index in [4.69, 9.17) is 15.9 Å². The second kappa shape index (κ2) is 11.3. The van der Waals surface area contributed by atoms with E-state index in [9.17, 15) is 18.3 Å². The lowest BCUT2D eigenvalue weighted by atomic mass is 9.80. The largest absolute Gasteiger partial charge is 0.492 e. The third-order valence-electron chi connectivity index (χ3n) is 7.17. The number of hydrogen-bond donors (Lipinski definition) is 5. The zero-order valence-corrected chi connectivity index (χ0v) is 21.3. The minimum Gasteiger partial charge on any atom is -0.492 e. The number of aliphatic carboxylic acids is 1. The molecule has 1 aromatic rings. The number of nitrogens with one attached hydrogen (secondary N) is 3. The molecule has 0 radical (unpaired) electrons. The van der Waals surface area contributed by atoms with Crippen molar-refractivity contribution in [1.29, 1.82) is 5.41 Å². The molecule has 11 nitrogen and oxygen atoms in total. The summed E-state index contributed by atoms with van der Waals surface area (Å²) >= 11 is 0. The zero-order chi connectivity index (χ0) is 24.3. The molecular weight excluding hydrogens is 496 g/mol. The minimum absolute atomic E-state index is 0. The molecule has 13 heteroatoms. The molecule has 3 heterocycles. The maximum atomic E-state index is 12.8. The molecule has 0 saturated carbocycles. The van der Waals surface area contributed by atoms with Gasteiger partial charge in [0.2, 0.25) is 0 Å². The van der Waals surface area contributed by atoms with Gasteiger partial charge < -0.3 is 25.8 Å². The Balaban J connectivity index is 0.00000342. The molecule has 1 aromatic carbocycles. The highest BCUT2D eigenvalue weighted by Gasteiger charge is 2.45. The number of halogens is 1. The van der Waals surface area contributed by atoms with Crippen molar-refractivity contribution >= 4 is 34.5 Å². The highest BCUT2D eigenvalue weighted by atomic mass is 35.5. The molecule has 4 rings (SSSR count). The molecule has 0 amide bonds. The Morgan fingerprint density at radius 1 is 1.23 bits per heavy atom. The predicted octanol–water partition coefficient (Wildman–Crippen LogP) is 0.492. The van der Waals surface area contributed by atoms with E-state index in [0.29, 0.717) is 18.8 Å². The first-order chi connectivity index (χ1) is 16.2. The van der Waals surface area contributed by atoms with E-state index in [1.54, 1.807) is 4.90 Å². The highest BCUT2D eigenvalue weighted by molar-refractivity contribution is 7.87. The molecule has 2 fully saturated rings. The second-order valence-electron chi connectivity index (χ2n) is 9.41. The van der Waals surface area contributed by atoms with Crippen molar-refractivity contribution < 1.29 is 23.1 Å². The Morgan fingerprint density at radius 3 is 2.54 bits per heavy atom. The van der Waals surface area contributed by atoms with E-state index in [-0.39, 0.29) is 56.9 Å². The van der Waals surface area contributed by atoms with Crippen molar-refractivity contribution in [1.82, 2.24) is 19.2 Å². The number of ether oxygens (including phenoxy) is 1. The summed E-state index contributed by atoms with van der Waals surface area (Å²) in [7, 11) is -3.66. The summed E-state index contributed by atoms with van der Waals surface area (Å²) in [6.45, 7) is 3.00. The van der Waals surface area contributed by atoms with Crippen LogP contribution in [0.15, 0.2) is 18.2 Å². The van der Waals surface area contributed by atoms with Gasteiger partial charge in [0.05, 0.1) is 0 Å². The highest BCUT2D eigenvalue weighted by Crippen LogP contribution is 2.34. The molecule has 3 aliphatic heterocycles. The number of carboxylic acids is 1. The van der Waals surface area contributed by atoms with Crippen molar-refractivity contribution in [3.05, 3.63) is 29.3 Å². The summed E-state index contributed by atoms with van der Waals surface area (Å²) in [5, 5.41) is 20.9. The number of fused-ring (bicyclic) bond motifs is 1. The van der Waals surface area contributed by atoms with Crippen LogP contribution in [0.2, 0.25) is 0 Å². The standard InChI is InChI=1S/C22H34N6O5S.ClH/c23-21(24)27-10-5-16-1-2-19(13-17(16)14-27)33-15-22(20(29)30)6-11-28(12-7-22)34(31,32)26-18-3-8-25-9-4-18;/h1-2,13,18,25-26H,3-12,14-15H2,(H3,23,24)(H,29,30);1H. The second-order valence-corrected chi connectivity index (χ2v) is 11.1. The molecule has 6 N–H and O–H groups in total. The fraction of sp³-hybridized carbons (Fsp3) is 0.636. The van der Waals surface area contributed by atoms with Gasteiger partial charge in [0.25, 0.3) is 10.2 Å². The number of nitrogens with two attached hydrogens (primary N) is 1. The van der Waals surface area contributed by atoms with Gasteiger partial charge in [-0.25, -0.2) is 0 Å². The lowest BCUT2D eigenvalue weighted by Gasteiger charge is -2.38. The maximum Gasteiger partial charge on any atom is 0.313 e. The smallest absolute Gasteiger partial charge is 0.313 e. The van der Waals surface area contributed by atoms with Crippen LogP contribution >= 0.6 is 12.4 Å². The van der Waals surface area contributed by atoms with Gasteiger partial charge in [-0.3, -0.25) is 10.2 Å². The number of carboxylic acid groups (broad SMARTS) is 1. The van der Waals surface area contributed by atoms with Crippen LogP contribution in [0.25, 0.3) is 0 Å². The Morgan fingerprint density at radius 2 is 1.91 bits per heavy atom. The number of benzene rings is 1. The molecule has 0 bridgehead atoms. The summed E-state index contributed by atoms with van der Waals surface area (Å²) in [6.07, 6.45) is 2.62. The van der Waals surface area contributed by atoms with Gasteiger partial charge >= 0.3 is 5.97 Å². The van der Waals surface area contributed by atoms with Crippen LogP contribution in [0.4, 0.5) is 0 Å². The molecule has 0 atom stereocenters. The van der Waals surface area contributed by atoms with Crippen molar-refractivity contribution in [2.45, 2.75) is 44.7 Å². The summed E-state index contributed by atoms with van der Waals surface area (Å²) in [5.74, 6) is -0.387. The molecule has 0 aromatic heterocycles. The molecule has 0 spiro atoms. The third kappa shape index (κ3) is 6.36. The normalized spacial score (nSPS) is 21.0. The summed E-state index contributed by atoms with van der Waals surface area (Å²) in [4.78, 5) is 14.0. The molecule has 0 aliphatic carbocycles. The quantitative estimate of drug-likeness (QED) is 0.251. The average Bonchev–Trinajstić information content (AvgIpc) is 2.82. The van der Waals surface area contributed by atoms with Crippen LogP contribution in [0.3, 0.4) is 0 Å².